The van der Waals surface area contributed by atoms with Crippen molar-refractivity contribution in [3.63, 3.8) is 0 Å². The lowest BCUT2D eigenvalue weighted by Gasteiger charge is -1.96. The van der Waals surface area contributed by atoms with Crippen molar-refractivity contribution in [2.24, 2.45) is 0 Å². The molecule has 6 heteroatoms. The summed E-state index contributed by atoms with van der Waals surface area (Å²) in [4.78, 5) is 27.3. The Morgan fingerprint density at radius 2 is 1.50 bits per heavy atom. The van der Waals surface area contributed by atoms with Crippen molar-refractivity contribution in [1.29, 1.82) is 0 Å². The van der Waals surface area contributed by atoms with Crippen molar-refractivity contribution in [3.8, 4) is 5.75 Å². The zero-order chi connectivity index (χ0) is 14.1. The number of carbonyl (C=O) groups excluding carboxylic acids is 2. The number of carbonyl (C=O) groups is 2. The molecule has 2 rings (SSSR count). The summed E-state index contributed by atoms with van der Waals surface area (Å²) in [5.41, 5.74) is 6.25. The fourth-order valence-corrected chi connectivity index (χ4v) is 1.09. The summed E-state index contributed by atoms with van der Waals surface area (Å²) in [5.74, 6) is 0.950. The highest BCUT2D eigenvalue weighted by Crippen LogP contribution is 2.09. The molecule has 0 amide bonds. The molecule has 1 heterocycles. The van der Waals surface area contributed by atoms with Gasteiger partial charge in [0.25, 0.3) is 0 Å². The average molecular weight is 275 g/mol. The van der Waals surface area contributed by atoms with Gasteiger partial charge in [-0.3, -0.25) is 9.59 Å². The third kappa shape index (κ3) is 5.72. The summed E-state index contributed by atoms with van der Waals surface area (Å²) in [6.45, 7) is 0. The van der Waals surface area contributed by atoms with Crippen LogP contribution in [0.1, 0.15) is 28.1 Å². The van der Waals surface area contributed by atoms with E-state index in [1.54, 1.807) is 31.4 Å². The van der Waals surface area contributed by atoms with Crippen LogP contribution < -0.4 is 10.5 Å². The second-order valence-electron chi connectivity index (χ2n) is 3.38. The van der Waals surface area contributed by atoms with E-state index in [1.807, 2.05) is 0 Å². The first kappa shape index (κ1) is 17.2. The van der Waals surface area contributed by atoms with Crippen LogP contribution in [-0.2, 0) is 0 Å². The Bertz CT molecular complexity index is 524. The Morgan fingerprint density at radius 1 is 1.00 bits per heavy atom. The van der Waals surface area contributed by atoms with Crippen molar-refractivity contribution in [2.75, 3.05) is 12.8 Å². The molecular formula is C14H17N3O3. The Kier molecular flexibility index (Phi) is 7.94. The summed E-state index contributed by atoms with van der Waals surface area (Å²) < 4.78 is 4.90. The van der Waals surface area contributed by atoms with Crippen molar-refractivity contribution < 1.29 is 14.3 Å². The van der Waals surface area contributed by atoms with E-state index in [9.17, 15) is 9.59 Å². The molecular weight excluding hydrogens is 258 g/mol. The molecule has 2 aromatic rings. The zero-order valence-corrected chi connectivity index (χ0v) is 10.3. The SMILES string of the molecule is C.COc1ccc(C=O)cc1.Nc1ncc(C=O)cn1. The average Bonchev–Trinajstić information content (AvgIpc) is 2.49. The molecule has 20 heavy (non-hydrogen) atoms. The number of rotatable bonds is 3. The monoisotopic (exact) mass is 275 g/mol. The van der Waals surface area contributed by atoms with E-state index in [0.29, 0.717) is 17.4 Å². The van der Waals surface area contributed by atoms with E-state index >= 15 is 0 Å². The number of aromatic nitrogens is 2. The number of methoxy groups -OCH3 is 1. The van der Waals surface area contributed by atoms with Crippen LogP contribution in [0.15, 0.2) is 36.7 Å². The largest absolute Gasteiger partial charge is 0.497 e. The third-order valence-corrected chi connectivity index (χ3v) is 2.08. The Morgan fingerprint density at radius 3 is 1.90 bits per heavy atom. The summed E-state index contributed by atoms with van der Waals surface area (Å²) in [6.07, 6.45) is 4.21. The van der Waals surface area contributed by atoms with Crippen molar-refractivity contribution in [3.05, 3.63) is 47.8 Å². The second kappa shape index (κ2) is 9.21. The minimum Gasteiger partial charge on any atom is -0.497 e. The van der Waals surface area contributed by atoms with E-state index in [1.165, 1.54) is 12.4 Å². The van der Waals surface area contributed by atoms with Gasteiger partial charge in [-0.1, -0.05) is 7.43 Å². The first-order valence-corrected chi connectivity index (χ1v) is 5.31. The van der Waals surface area contributed by atoms with Crippen LogP contribution in [0.25, 0.3) is 0 Å². The molecule has 0 aliphatic rings. The lowest BCUT2D eigenvalue weighted by Crippen LogP contribution is -1.94. The van der Waals surface area contributed by atoms with Crippen molar-refractivity contribution in [2.45, 2.75) is 7.43 Å². The van der Waals surface area contributed by atoms with Gasteiger partial charge in [0.1, 0.15) is 12.0 Å². The quantitative estimate of drug-likeness (QED) is 0.861. The molecule has 106 valence electrons. The van der Waals surface area contributed by atoms with Crippen molar-refractivity contribution >= 4 is 18.5 Å². The van der Waals surface area contributed by atoms with E-state index < -0.39 is 0 Å². The predicted molar refractivity (Wildman–Crippen MR) is 76.9 cm³/mol. The maximum Gasteiger partial charge on any atom is 0.219 e. The number of aldehydes is 2. The van der Waals surface area contributed by atoms with Gasteiger partial charge in [-0.15, -0.1) is 0 Å². The second-order valence-corrected chi connectivity index (χ2v) is 3.38. The van der Waals surface area contributed by atoms with E-state index in [0.717, 1.165) is 12.0 Å². The number of nitrogen functional groups attached to an aromatic ring is 1. The van der Waals surface area contributed by atoms with Gasteiger partial charge in [-0.2, -0.15) is 0 Å². The zero-order valence-electron chi connectivity index (χ0n) is 10.3. The van der Waals surface area contributed by atoms with Gasteiger partial charge in [0, 0.05) is 18.0 Å². The fraction of sp³-hybridized carbons (Fsp3) is 0.143. The van der Waals surface area contributed by atoms with Crippen LogP contribution in [0.3, 0.4) is 0 Å². The molecule has 0 aliphatic carbocycles. The topological polar surface area (TPSA) is 95.2 Å². The molecule has 0 aliphatic heterocycles. The number of anilines is 1. The lowest BCUT2D eigenvalue weighted by atomic mass is 10.2. The molecule has 0 spiro atoms. The molecule has 2 N–H and O–H groups in total. The number of hydrogen-bond donors (Lipinski definition) is 1. The molecule has 1 aromatic carbocycles. The van der Waals surface area contributed by atoms with E-state index in [-0.39, 0.29) is 13.4 Å². The summed E-state index contributed by atoms with van der Waals surface area (Å²) in [5, 5.41) is 0. The van der Waals surface area contributed by atoms with Crippen LogP contribution >= 0.6 is 0 Å². The first-order valence-electron chi connectivity index (χ1n) is 5.31. The summed E-state index contributed by atoms with van der Waals surface area (Å²) >= 11 is 0. The Hall–Kier alpha value is -2.76. The van der Waals surface area contributed by atoms with E-state index in [4.69, 9.17) is 10.5 Å². The van der Waals surface area contributed by atoms with Gasteiger partial charge in [-0.05, 0) is 24.3 Å². The van der Waals surface area contributed by atoms with Gasteiger partial charge in [0.05, 0.1) is 12.7 Å². The smallest absolute Gasteiger partial charge is 0.219 e. The molecule has 0 atom stereocenters. The van der Waals surface area contributed by atoms with Crippen LogP contribution in [-0.4, -0.2) is 29.7 Å². The van der Waals surface area contributed by atoms with Crippen LogP contribution in [0.4, 0.5) is 5.95 Å². The van der Waals surface area contributed by atoms with E-state index in [2.05, 4.69) is 9.97 Å². The number of hydrogen-bond acceptors (Lipinski definition) is 6. The summed E-state index contributed by atoms with van der Waals surface area (Å²) in [7, 11) is 1.59. The predicted octanol–water partition coefficient (Wildman–Crippen LogP) is 2.02. The fourth-order valence-electron chi connectivity index (χ4n) is 1.09. The first-order chi connectivity index (χ1) is 9.19. The van der Waals surface area contributed by atoms with Gasteiger partial charge >= 0.3 is 0 Å². The molecule has 0 saturated heterocycles. The lowest BCUT2D eigenvalue weighted by molar-refractivity contribution is 0.111. The van der Waals surface area contributed by atoms with Crippen LogP contribution in [0.2, 0.25) is 0 Å². The maximum atomic E-state index is 10.2. The minimum atomic E-state index is 0. The molecule has 0 radical (unpaired) electrons. The normalized spacial score (nSPS) is 8.45. The molecule has 1 aromatic heterocycles. The summed E-state index contributed by atoms with van der Waals surface area (Å²) in [6, 6.07) is 6.94. The Balaban J connectivity index is 0.000000345. The molecule has 0 saturated carbocycles. The van der Waals surface area contributed by atoms with Gasteiger partial charge in [0.15, 0.2) is 6.29 Å². The number of nitrogens with two attached hydrogens (primary N) is 1. The number of ether oxygens (including phenoxy) is 1. The molecule has 0 fully saturated rings. The third-order valence-electron chi connectivity index (χ3n) is 2.08. The standard InChI is InChI=1S/C8H8O2.C5H5N3O.CH4/c1-10-8-4-2-7(6-9)3-5-8;6-5-7-1-4(3-9)2-8-5;/h2-6H,1H3;1-3H,(H2,6,7,8);1H4. The Labute approximate surface area is 117 Å². The van der Waals surface area contributed by atoms with Gasteiger partial charge < -0.3 is 10.5 Å². The highest BCUT2D eigenvalue weighted by atomic mass is 16.5. The van der Waals surface area contributed by atoms with Crippen LogP contribution in [0.5, 0.6) is 5.75 Å². The van der Waals surface area contributed by atoms with Crippen molar-refractivity contribution in [1.82, 2.24) is 9.97 Å². The highest BCUT2D eigenvalue weighted by Gasteiger charge is 1.89. The van der Waals surface area contributed by atoms with Gasteiger partial charge in [-0.25, -0.2) is 9.97 Å². The minimum absolute atomic E-state index is 0. The number of benzene rings is 1. The van der Waals surface area contributed by atoms with Crippen LogP contribution in [0, 0.1) is 0 Å². The molecule has 6 nitrogen and oxygen atoms in total. The van der Waals surface area contributed by atoms with Gasteiger partial charge in [0.2, 0.25) is 5.95 Å². The highest BCUT2D eigenvalue weighted by molar-refractivity contribution is 5.74. The maximum absolute atomic E-state index is 10.2. The molecule has 0 unspecified atom stereocenters. The molecule has 0 bridgehead atoms. The number of nitrogens with zero attached hydrogens (tertiary/aromatic N) is 2.